The van der Waals surface area contributed by atoms with Crippen molar-refractivity contribution in [3.63, 3.8) is 0 Å². The van der Waals surface area contributed by atoms with Crippen molar-refractivity contribution in [2.75, 3.05) is 31.5 Å². The number of benzene rings is 2. The van der Waals surface area contributed by atoms with Crippen LogP contribution in [0.5, 0.6) is 0 Å². The first-order chi connectivity index (χ1) is 13.6. The molecule has 1 fully saturated rings. The number of carbonyl (C=O) groups excluding carboxylic acids is 2. The summed E-state index contributed by atoms with van der Waals surface area (Å²) in [5.41, 5.74) is -0.892. The number of carbonyl (C=O) groups is 2. The number of hydrogen-bond donors (Lipinski definition) is 1. The van der Waals surface area contributed by atoms with Gasteiger partial charge in [-0.05, 0) is 30.3 Å². The van der Waals surface area contributed by atoms with Crippen molar-refractivity contribution in [3.8, 4) is 0 Å². The molecule has 5 nitrogen and oxygen atoms in total. The maximum Gasteiger partial charge on any atom is 0.418 e. The van der Waals surface area contributed by atoms with Crippen LogP contribution in [-0.2, 0) is 6.18 Å². The molecule has 0 radical (unpaired) electrons. The molecule has 0 saturated carbocycles. The Morgan fingerprint density at radius 3 is 2.03 bits per heavy atom. The number of halogens is 5. The van der Waals surface area contributed by atoms with E-state index in [1.54, 1.807) is 0 Å². The number of anilines is 1. The molecular weight excluding hydrogens is 430 g/mol. The molecule has 1 aliphatic heterocycles. The number of piperazine rings is 1. The summed E-state index contributed by atoms with van der Waals surface area (Å²) in [5.74, 6) is -0.281. The maximum absolute atomic E-state index is 13.1. The van der Waals surface area contributed by atoms with Crippen molar-refractivity contribution in [3.05, 3.63) is 63.6 Å². The van der Waals surface area contributed by atoms with Crippen LogP contribution < -0.4 is 5.32 Å². The molecule has 0 aromatic heterocycles. The minimum atomic E-state index is -4.58. The van der Waals surface area contributed by atoms with Crippen molar-refractivity contribution >= 4 is 40.8 Å². The zero-order valence-electron chi connectivity index (χ0n) is 15.0. The van der Waals surface area contributed by atoms with Gasteiger partial charge in [0.25, 0.3) is 5.91 Å². The van der Waals surface area contributed by atoms with E-state index < -0.39 is 17.8 Å². The summed E-state index contributed by atoms with van der Waals surface area (Å²) >= 11 is 11.8. The van der Waals surface area contributed by atoms with E-state index in [1.165, 1.54) is 46.2 Å². The van der Waals surface area contributed by atoms with Crippen LogP contribution in [0.2, 0.25) is 10.0 Å². The molecule has 0 atom stereocenters. The van der Waals surface area contributed by atoms with Gasteiger partial charge in [-0.25, -0.2) is 4.79 Å². The lowest BCUT2D eigenvalue weighted by atomic mass is 10.1. The molecule has 154 valence electrons. The van der Waals surface area contributed by atoms with E-state index in [1.807, 2.05) is 0 Å². The van der Waals surface area contributed by atoms with Gasteiger partial charge in [-0.1, -0.05) is 35.3 Å². The Bertz CT molecular complexity index is 909. The standard InChI is InChI=1S/C19H16Cl2F3N3O2/c20-13-9-12(10-14(21)11-13)17(28)26-5-7-27(8-6-26)18(29)25-16-4-2-1-3-15(16)19(22,23)24/h1-4,9-11H,5-8H2,(H,25,29). The molecule has 3 amide bonds. The lowest BCUT2D eigenvalue weighted by molar-refractivity contribution is -0.136. The van der Waals surface area contributed by atoms with Gasteiger partial charge in [0, 0.05) is 41.8 Å². The van der Waals surface area contributed by atoms with Crippen LogP contribution >= 0.6 is 23.2 Å². The van der Waals surface area contributed by atoms with Gasteiger partial charge in [0.15, 0.2) is 0 Å². The van der Waals surface area contributed by atoms with E-state index in [-0.39, 0.29) is 37.8 Å². The van der Waals surface area contributed by atoms with E-state index in [9.17, 15) is 22.8 Å². The molecule has 0 bridgehead atoms. The van der Waals surface area contributed by atoms with Crippen molar-refractivity contribution in [2.45, 2.75) is 6.18 Å². The van der Waals surface area contributed by atoms with Gasteiger partial charge in [-0.2, -0.15) is 13.2 Å². The Morgan fingerprint density at radius 1 is 0.897 bits per heavy atom. The zero-order chi connectivity index (χ0) is 21.2. The van der Waals surface area contributed by atoms with Crippen molar-refractivity contribution in [2.24, 2.45) is 0 Å². The smallest absolute Gasteiger partial charge is 0.335 e. The van der Waals surface area contributed by atoms with Crippen LogP contribution in [-0.4, -0.2) is 47.9 Å². The molecule has 2 aromatic carbocycles. The summed E-state index contributed by atoms with van der Waals surface area (Å²) in [6.07, 6.45) is -4.58. The highest BCUT2D eigenvalue weighted by atomic mass is 35.5. The summed E-state index contributed by atoms with van der Waals surface area (Å²) in [4.78, 5) is 27.9. The Labute approximate surface area is 175 Å². The molecule has 1 heterocycles. The van der Waals surface area contributed by atoms with Gasteiger partial charge < -0.3 is 15.1 Å². The predicted octanol–water partition coefficient (Wildman–Crippen LogP) is 5.00. The molecule has 1 N–H and O–H groups in total. The first-order valence-electron chi connectivity index (χ1n) is 8.62. The lowest BCUT2D eigenvalue weighted by Gasteiger charge is -2.35. The monoisotopic (exact) mass is 445 g/mol. The van der Waals surface area contributed by atoms with Gasteiger partial charge in [-0.15, -0.1) is 0 Å². The first-order valence-corrected chi connectivity index (χ1v) is 9.38. The fraction of sp³-hybridized carbons (Fsp3) is 0.263. The van der Waals surface area contributed by atoms with Crippen LogP contribution in [0.1, 0.15) is 15.9 Å². The molecular formula is C19H16Cl2F3N3O2. The summed E-state index contributed by atoms with van der Waals surface area (Å²) in [6, 6.07) is 8.64. The Balaban J connectivity index is 1.62. The number of urea groups is 1. The van der Waals surface area contributed by atoms with Gasteiger partial charge in [-0.3, -0.25) is 4.79 Å². The number of para-hydroxylation sites is 1. The minimum Gasteiger partial charge on any atom is -0.335 e. The number of nitrogens with zero attached hydrogens (tertiary/aromatic N) is 2. The molecule has 10 heteroatoms. The molecule has 0 spiro atoms. The lowest BCUT2D eigenvalue weighted by Crippen LogP contribution is -2.51. The third-order valence-corrected chi connectivity index (χ3v) is 4.87. The van der Waals surface area contributed by atoms with Crippen LogP contribution in [0.3, 0.4) is 0 Å². The fourth-order valence-electron chi connectivity index (χ4n) is 3.01. The molecule has 0 unspecified atom stereocenters. The predicted molar refractivity (Wildman–Crippen MR) is 104 cm³/mol. The summed E-state index contributed by atoms with van der Waals surface area (Å²) < 4.78 is 39.2. The highest BCUT2D eigenvalue weighted by Crippen LogP contribution is 2.34. The maximum atomic E-state index is 13.1. The number of nitrogens with one attached hydrogen (secondary N) is 1. The highest BCUT2D eigenvalue weighted by Gasteiger charge is 2.34. The van der Waals surface area contributed by atoms with Gasteiger partial charge in [0.05, 0.1) is 11.3 Å². The van der Waals surface area contributed by atoms with Gasteiger partial charge >= 0.3 is 12.2 Å². The normalized spacial score (nSPS) is 14.7. The largest absolute Gasteiger partial charge is 0.418 e. The minimum absolute atomic E-state index is 0.181. The average molecular weight is 446 g/mol. The van der Waals surface area contributed by atoms with E-state index in [0.29, 0.717) is 15.6 Å². The van der Waals surface area contributed by atoms with Crippen molar-refractivity contribution < 1.29 is 22.8 Å². The third kappa shape index (κ3) is 5.13. The molecule has 0 aliphatic carbocycles. The van der Waals surface area contributed by atoms with E-state index in [0.717, 1.165) is 6.07 Å². The quantitative estimate of drug-likeness (QED) is 0.706. The number of amides is 3. The number of rotatable bonds is 2. The SMILES string of the molecule is O=C(Nc1ccccc1C(F)(F)F)N1CCN(C(=O)c2cc(Cl)cc(Cl)c2)CC1. The summed E-state index contributed by atoms with van der Waals surface area (Å²) in [6.45, 7) is 0.828. The summed E-state index contributed by atoms with van der Waals surface area (Å²) in [7, 11) is 0. The molecule has 3 rings (SSSR count). The average Bonchev–Trinajstić information content (AvgIpc) is 2.66. The highest BCUT2D eigenvalue weighted by molar-refractivity contribution is 6.35. The fourth-order valence-corrected chi connectivity index (χ4v) is 3.53. The number of hydrogen-bond acceptors (Lipinski definition) is 2. The van der Waals surface area contributed by atoms with Crippen molar-refractivity contribution in [1.29, 1.82) is 0 Å². The second-order valence-corrected chi connectivity index (χ2v) is 7.28. The second kappa shape index (κ2) is 8.51. The molecule has 29 heavy (non-hydrogen) atoms. The Kier molecular flexibility index (Phi) is 6.24. The Hall–Kier alpha value is -2.45. The van der Waals surface area contributed by atoms with E-state index in [4.69, 9.17) is 23.2 Å². The Morgan fingerprint density at radius 2 is 1.45 bits per heavy atom. The molecule has 1 aliphatic rings. The van der Waals surface area contributed by atoms with Crippen LogP contribution in [0.4, 0.5) is 23.7 Å². The molecule has 1 saturated heterocycles. The van der Waals surface area contributed by atoms with Gasteiger partial charge in [0.2, 0.25) is 0 Å². The zero-order valence-corrected chi connectivity index (χ0v) is 16.5. The van der Waals surface area contributed by atoms with Gasteiger partial charge in [0.1, 0.15) is 0 Å². The summed E-state index contributed by atoms with van der Waals surface area (Å²) in [5, 5.41) is 2.98. The van der Waals surface area contributed by atoms with Crippen LogP contribution in [0.15, 0.2) is 42.5 Å². The topological polar surface area (TPSA) is 52.7 Å². The first kappa shape index (κ1) is 21.3. The number of alkyl halides is 3. The van der Waals surface area contributed by atoms with Crippen LogP contribution in [0, 0.1) is 0 Å². The van der Waals surface area contributed by atoms with Crippen LogP contribution in [0.25, 0.3) is 0 Å². The van der Waals surface area contributed by atoms with Crippen molar-refractivity contribution in [1.82, 2.24) is 9.80 Å². The second-order valence-electron chi connectivity index (χ2n) is 6.41. The van der Waals surface area contributed by atoms with E-state index >= 15 is 0 Å². The third-order valence-electron chi connectivity index (χ3n) is 4.44. The molecule has 2 aromatic rings. The van der Waals surface area contributed by atoms with E-state index in [2.05, 4.69) is 5.32 Å².